The van der Waals surface area contributed by atoms with E-state index < -0.39 is 0 Å². The van der Waals surface area contributed by atoms with E-state index >= 15 is 0 Å². The number of fused-ring (bicyclic) bond motifs is 4. The van der Waals surface area contributed by atoms with Crippen LogP contribution in [-0.4, -0.2) is 15.0 Å². The first-order chi connectivity index (χ1) is 24.7. The van der Waals surface area contributed by atoms with Crippen molar-refractivity contribution in [3.8, 4) is 56.4 Å². The van der Waals surface area contributed by atoms with Crippen LogP contribution in [0.15, 0.2) is 168 Å². The Morgan fingerprint density at radius 3 is 1.94 bits per heavy atom. The summed E-state index contributed by atoms with van der Waals surface area (Å²) in [5.74, 6) is 1.86. The third-order valence-corrected chi connectivity index (χ3v) is 9.23. The van der Waals surface area contributed by atoms with Crippen molar-refractivity contribution in [1.82, 2.24) is 15.0 Å². The number of para-hydroxylation sites is 1. The summed E-state index contributed by atoms with van der Waals surface area (Å²) >= 11 is 0. The largest absolute Gasteiger partial charge is 0.456 e. The molecular weight excluding hydrogens is 611 g/mol. The maximum atomic E-state index is 6.26. The monoisotopic (exact) mass is 641 g/mol. The molecule has 236 valence electrons. The second-order valence-electron chi connectivity index (χ2n) is 12.4. The van der Waals surface area contributed by atoms with Gasteiger partial charge in [-0.3, -0.25) is 0 Å². The van der Waals surface area contributed by atoms with Crippen LogP contribution >= 0.6 is 0 Å². The summed E-state index contributed by atoms with van der Waals surface area (Å²) in [6, 6.07) is 54.5. The minimum atomic E-state index is 0.613. The Hall–Kier alpha value is -6.65. The minimum Gasteiger partial charge on any atom is -0.456 e. The van der Waals surface area contributed by atoms with Crippen LogP contribution in [-0.2, 0) is 0 Å². The molecule has 4 nitrogen and oxygen atoms in total. The van der Waals surface area contributed by atoms with Gasteiger partial charge in [0.2, 0.25) is 0 Å². The summed E-state index contributed by atoms with van der Waals surface area (Å²) < 4.78 is 6.26. The fourth-order valence-corrected chi connectivity index (χ4v) is 6.82. The first kappa shape index (κ1) is 29.5. The van der Waals surface area contributed by atoms with Crippen molar-refractivity contribution in [3.63, 3.8) is 0 Å². The summed E-state index contributed by atoms with van der Waals surface area (Å²) in [7, 11) is 0. The molecule has 0 saturated heterocycles. The molecule has 0 unspecified atom stereocenters. The van der Waals surface area contributed by atoms with Gasteiger partial charge in [-0.1, -0.05) is 146 Å². The van der Waals surface area contributed by atoms with E-state index in [1.165, 1.54) is 10.9 Å². The number of rotatable bonds is 6. The zero-order valence-corrected chi connectivity index (χ0v) is 27.4. The summed E-state index contributed by atoms with van der Waals surface area (Å²) in [6.07, 6.45) is 4.18. The highest BCUT2D eigenvalue weighted by Gasteiger charge is 2.19. The molecule has 0 spiro atoms. The lowest BCUT2D eigenvalue weighted by Gasteiger charge is -2.13. The molecular formula is C46H31N3O. The van der Waals surface area contributed by atoms with Gasteiger partial charge in [0.1, 0.15) is 11.2 Å². The van der Waals surface area contributed by atoms with Crippen molar-refractivity contribution >= 4 is 38.8 Å². The molecule has 50 heavy (non-hydrogen) atoms. The van der Waals surface area contributed by atoms with Gasteiger partial charge < -0.3 is 4.42 Å². The Morgan fingerprint density at radius 2 is 1.08 bits per heavy atom. The number of nitrogens with zero attached hydrogens (tertiary/aromatic N) is 3. The van der Waals surface area contributed by atoms with Crippen LogP contribution in [0.2, 0.25) is 0 Å². The first-order valence-electron chi connectivity index (χ1n) is 16.8. The lowest BCUT2D eigenvalue weighted by atomic mass is 9.95. The molecule has 0 saturated carbocycles. The molecule has 2 heterocycles. The highest BCUT2D eigenvalue weighted by Crippen LogP contribution is 2.40. The predicted molar refractivity (Wildman–Crippen MR) is 206 cm³/mol. The Bertz CT molecular complexity index is 2720. The third-order valence-electron chi connectivity index (χ3n) is 9.23. The predicted octanol–water partition coefficient (Wildman–Crippen LogP) is 12.3. The smallest absolute Gasteiger partial charge is 0.164 e. The number of hydrogen-bond donors (Lipinski definition) is 0. The molecule has 7 aromatic carbocycles. The zero-order valence-electron chi connectivity index (χ0n) is 27.4. The molecule has 0 fully saturated rings. The molecule has 9 rings (SSSR count). The molecule has 9 aromatic rings. The maximum absolute atomic E-state index is 6.26. The number of furan rings is 1. The van der Waals surface area contributed by atoms with E-state index in [1.54, 1.807) is 0 Å². The standard InChI is InChI=1S/C46H31N3O/c1-2-11-30-12-9-15-34(28-30)32-22-25-33(26-23-32)44-47-45(36-27-24-31-13-3-4-14-35(31)29-36)49-46(48-44)39-17-6-5-16-37(39)38-19-10-21-42-43(38)40-18-7-8-20-41(40)50-42/h2-29H,1H3/b11-2-. The molecule has 0 aliphatic rings. The van der Waals surface area contributed by atoms with Crippen molar-refractivity contribution in [3.05, 3.63) is 169 Å². The van der Waals surface area contributed by atoms with Crippen molar-refractivity contribution in [2.45, 2.75) is 6.92 Å². The van der Waals surface area contributed by atoms with Gasteiger partial charge in [0.25, 0.3) is 0 Å². The van der Waals surface area contributed by atoms with Crippen LogP contribution in [0.3, 0.4) is 0 Å². The second-order valence-corrected chi connectivity index (χ2v) is 12.4. The number of allylic oxidation sites excluding steroid dienone is 1. The molecule has 2 aromatic heterocycles. The van der Waals surface area contributed by atoms with Gasteiger partial charge in [0.05, 0.1) is 0 Å². The minimum absolute atomic E-state index is 0.613. The maximum Gasteiger partial charge on any atom is 0.164 e. The fourth-order valence-electron chi connectivity index (χ4n) is 6.82. The van der Waals surface area contributed by atoms with E-state index in [1.807, 2.05) is 37.3 Å². The van der Waals surface area contributed by atoms with Crippen LogP contribution < -0.4 is 0 Å². The van der Waals surface area contributed by atoms with Crippen molar-refractivity contribution in [1.29, 1.82) is 0 Å². The van der Waals surface area contributed by atoms with Crippen LogP contribution in [0.5, 0.6) is 0 Å². The molecule has 0 aliphatic heterocycles. The van der Waals surface area contributed by atoms with Gasteiger partial charge >= 0.3 is 0 Å². The van der Waals surface area contributed by atoms with E-state index in [9.17, 15) is 0 Å². The Balaban J connectivity index is 1.22. The second kappa shape index (κ2) is 12.4. The SMILES string of the molecule is C/C=C\c1cccc(-c2ccc(-c3nc(-c4ccc5ccccc5c4)nc(-c4ccccc4-c4cccc5oc6ccccc6c45)n3)cc2)c1. The first-order valence-corrected chi connectivity index (χ1v) is 16.8. The van der Waals surface area contributed by atoms with E-state index in [4.69, 9.17) is 19.4 Å². The van der Waals surface area contributed by atoms with E-state index in [2.05, 4.69) is 140 Å². The van der Waals surface area contributed by atoms with Crippen LogP contribution in [0, 0.1) is 0 Å². The van der Waals surface area contributed by atoms with Gasteiger partial charge in [0.15, 0.2) is 17.5 Å². The van der Waals surface area contributed by atoms with E-state index in [0.29, 0.717) is 17.5 Å². The highest BCUT2D eigenvalue weighted by atomic mass is 16.3. The van der Waals surface area contributed by atoms with Crippen LogP contribution in [0.25, 0.3) is 95.2 Å². The normalized spacial score (nSPS) is 11.6. The molecule has 4 heteroatoms. The Kier molecular flexibility index (Phi) is 7.33. The average Bonchev–Trinajstić information content (AvgIpc) is 3.57. The van der Waals surface area contributed by atoms with Crippen molar-refractivity contribution in [2.75, 3.05) is 0 Å². The lowest BCUT2D eigenvalue weighted by Crippen LogP contribution is -2.01. The molecule has 0 radical (unpaired) electrons. The van der Waals surface area contributed by atoms with E-state index in [-0.39, 0.29) is 0 Å². The Labute approximate surface area is 290 Å². The number of aromatic nitrogens is 3. The number of hydrogen-bond acceptors (Lipinski definition) is 4. The molecule has 0 atom stereocenters. The van der Waals surface area contributed by atoms with Crippen molar-refractivity contribution < 1.29 is 4.42 Å². The van der Waals surface area contributed by atoms with Gasteiger partial charge in [-0.15, -0.1) is 0 Å². The van der Waals surface area contributed by atoms with Crippen molar-refractivity contribution in [2.24, 2.45) is 0 Å². The Morgan fingerprint density at radius 1 is 0.440 bits per heavy atom. The van der Waals surface area contributed by atoms with Gasteiger partial charge in [-0.2, -0.15) is 0 Å². The molecule has 0 bridgehead atoms. The lowest BCUT2D eigenvalue weighted by molar-refractivity contribution is 0.669. The molecule has 0 aliphatic carbocycles. The van der Waals surface area contributed by atoms with Gasteiger partial charge in [-0.25, -0.2) is 15.0 Å². The molecule has 0 N–H and O–H groups in total. The summed E-state index contributed by atoms with van der Waals surface area (Å²) in [4.78, 5) is 15.4. The zero-order chi connectivity index (χ0) is 33.4. The topological polar surface area (TPSA) is 51.8 Å². The van der Waals surface area contributed by atoms with E-state index in [0.717, 1.165) is 66.3 Å². The van der Waals surface area contributed by atoms with Gasteiger partial charge in [0, 0.05) is 27.5 Å². The summed E-state index contributed by atoms with van der Waals surface area (Å²) in [5.41, 5.74) is 10.1. The quantitative estimate of drug-likeness (QED) is 0.181. The summed E-state index contributed by atoms with van der Waals surface area (Å²) in [5, 5.41) is 4.47. The summed E-state index contributed by atoms with van der Waals surface area (Å²) in [6.45, 7) is 2.04. The number of benzene rings is 7. The highest BCUT2D eigenvalue weighted by molar-refractivity contribution is 6.13. The third kappa shape index (κ3) is 5.33. The molecule has 0 amide bonds. The average molecular weight is 642 g/mol. The van der Waals surface area contributed by atoms with Gasteiger partial charge in [-0.05, 0) is 69.8 Å². The van der Waals surface area contributed by atoms with Crippen LogP contribution in [0.1, 0.15) is 12.5 Å². The fraction of sp³-hybridized carbons (Fsp3) is 0.0217. The van der Waals surface area contributed by atoms with Crippen LogP contribution in [0.4, 0.5) is 0 Å².